The number of carbonyl (C=O) groups excluding carboxylic acids is 2. The third-order valence-corrected chi connectivity index (χ3v) is 8.71. The van der Waals surface area contributed by atoms with Crippen LogP contribution in [-0.4, -0.2) is 133 Å². The molecule has 13 nitrogen and oxygen atoms in total. The number of fused-ring (bicyclic) bond motifs is 3. The highest BCUT2D eigenvalue weighted by Gasteiger charge is 2.20. The van der Waals surface area contributed by atoms with Gasteiger partial charge in [-0.25, -0.2) is 9.59 Å². The smallest absolute Gasteiger partial charge is 0.338 e. The first-order valence-corrected chi connectivity index (χ1v) is 17.0. The van der Waals surface area contributed by atoms with Gasteiger partial charge >= 0.3 is 11.9 Å². The zero-order valence-corrected chi connectivity index (χ0v) is 29.3. The van der Waals surface area contributed by atoms with E-state index in [0.717, 1.165) is 45.8 Å². The number of benzene rings is 2. The van der Waals surface area contributed by atoms with Gasteiger partial charge in [-0.05, 0) is 42.8 Å². The van der Waals surface area contributed by atoms with Crippen molar-refractivity contribution in [2.24, 2.45) is 7.05 Å². The zero-order chi connectivity index (χ0) is 35.1. The molecular formula is C37H48N4O9. The first kappa shape index (κ1) is 37.0. The number of esters is 2. The number of nitrogens with zero attached hydrogens (tertiary/aromatic N) is 4. The first-order valence-electron chi connectivity index (χ1n) is 17.0. The summed E-state index contributed by atoms with van der Waals surface area (Å²) in [6, 6.07) is 13.4. The van der Waals surface area contributed by atoms with E-state index in [1.807, 2.05) is 12.4 Å². The van der Waals surface area contributed by atoms with E-state index in [-0.39, 0.29) is 17.7 Å². The highest BCUT2D eigenvalue weighted by molar-refractivity contribution is 6.08. The summed E-state index contributed by atoms with van der Waals surface area (Å²) >= 11 is 0. The van der Waals surface area contributed by atoms with Crippen molar-refractivity contribution < 1.29 is 42.7 Å². The van der Waals surface area contributed by atoms with E-state index < -0.39 is 11.9 Å². The van der Waals surface area contributed by atoms with Gasteiger partial charge in [-0.2, -0.15) is 0 Å². The van der Waals surface area contributed by atoms with E-state index in [1.165, 1.54) is 53.8 Å². The van der Waals surface area contributed by atoms with Crippen LogP contribution in [0.5, 0.6) is 5.75 Å². The summed E-state index contributed by atoms with van der Waals surface area (Å²) in [5.41, 5.74) is 3.92. The minimum absolute atomic E-state index is 0.0753. The number of pyridine rings is 1. The SMILES string of the molecule is COC(=O)c1ccc(OCCOCCOCCOCCOCCCN2CCN(c3ccc4c5cnccc5n(C)c4c3)CC2)cc1C(=O)OC. The molecule has 0 unspecified atom stereocenters. The van der Waals surface area contributed by atoms with Gasteiger partial charge in [0.1, 0.15) is 12.4 Å². The van der Waals surface area contributed by atoms with Gasteiger partial charge in [0.15, 0.2) is 0 Å². The molecule has 2 aromatic carbocycles. The van der Waals surface area contributed by atoms with Crippen molar-refractivity contribution in [2.75, 3.05) is 111 Å². The van der Waals surface area contributed by atoms with Crippen molar-refractivity contribution in [3.8, 4) is 5.75 Å². The molecule has 1 aliphatic heterocycles. The van der Waals surface area contributed by atoms with Gasteiger partial charge in [0.05, 0.1) is 82.6 Å². The molecule has 5 rings (SSSR count). The summed E-state index contributed by atoms with van der Waals surface area (Å²) in [5.74, 6) is -0.863. The van der Waals surface area contributed by atoms with E-state index in [2.05, 4.69) is 50.7 Å². The van der Waals surface area contributed by atoms with Crippen LogP contribution in [0.2, 0.25) is 0 Å². The molecule has 1 saturated heterocycles. The normalized spacial score (nSPS) is 13.6. The summed E-state index contributed by atoms with van der Waals surface area (Å²) in [7, 11) is 4.61. The molecule has 3 heterocycles. The van der Waals surface area contributed by atoms with Gasteiger partial charge in [-0.15, -0.1) is 0 Å². The third-order valence-electron chi connectivity index (χ3n) is 8.71. The monoisotopic (exact) mass is 692 g/mol. The third kappa shape index (κ3) is 9.92. The number of piperazine rings is 1. The summed E-state index contributed by atoms with van der Waals surface area (Å²) in [6.07, 6.45) is 4.81. The molecule has 270 valence electrons. The Labute approximate surface area is 292 Å². The number of hydrogen-bond donors (Lipinski definition) is 0. The van der Waals surface area contributed by atoms with Crippen LogP contribution in [-0.2, 0) is 35.5 Å². The van der Waals surface area contributed by atoms with Crippen molar-refractivity contribution in [2.45, 2.75) is 6.42 Å². The molecule has 0 atom stereocenters. The molecule has 0 spiro atoms. The summed E-state index contributed by atoms with van der Waals surface area (Å²) < 4.78 is 39.8. The van der Waals surface area contributed by atoms with Crippen molar-refractivity contribution in [1.82, 2.24) is 14.5 Å². The van der Waals surface area contributed by atoms with Gasteiger partial charge in [-0.3, -0.25) is 9.88 Å². The molecule has 0 bridgehead atoms. The highest BCUT2D eigenvalue weighted by atomic mass is 16.6. The molecule has 0 amide bonds. The maximum atomic E-state index is 12.0. The second-order valence-electron chi connectivity index (χ2n) is 11.8. The van der Waals surface area contributed by atoms with Crippen LogP contribution in [0.4, 0.5) is 5.69 Å². The number of aryl methyl sites for hydroxylation is 1. The van der Waals surface area contributed by atoms with E-state index in [1.54, 1.807) is 6.07 Å². The Bertz CT molecular complexity index is 1690. The van der Waals surface area contributed by atoms with Crippen LogP contribution >= 0.6 is 0 Å². The van der Waals surface area contributed by atoms with E-state index in [9.17, 15) is 9.59 Å². The van der Waals surface area contributed by atoms with Gasteiger partial charge < -0.3 is 42.6 Å². The van der Waals surface area contributed by atoms with Crippen LogP contribution in [0, 0.1) is 0 Å². The van der Waals surface area contributed by atoms with Crippen LogP contribution in [0.15, 0.2) is 54.9 Å². The van der Waals surface area contributed by atoms with Crippen molar-refractivity contribution in [1.29, 1.82) is 0 Å². The quantitative estimate of drug-likeness (QED) is 0.0985. The molecule has 0 N–H and O–H groups in total. The van der Waals surface area contributed by atoms with E-state index in [0.29, 0.717) is 52.0 Å². The Balaban J connectivity index is 0.830. The standard InChI is InChI=1S/C37H48N4O9/c1-39-34-9-10-38-27-33(34)30-7-5-28(25-35(30)39)41-14-12-40(13-15-41)11-4-16-46-17-18-47-19-20-48-21-22-49-23-24-50-29-6-8-31(36(42)44-2)32(26-29)37(43)45-3/h5-10,25-27H,4,11-24H2,1-3H3. The highest BCUT2D eigenvalue weighted by Crippen LogP contribution is 2.31. The first-order chi connectivity index (χ1) is 24.5. The second-order valence-corrected chi connectivity index (χ2v) is 11.8. The number of rotatable bonds is 20. The lowest BCUT2D eigenvalue weighted by Gasteiger charge is -2.36. The lowest BCUT2D eigenvalue weighted by atomic mass is 10.1. The van der Waals surface area contributed by atoms with Crippen LogP contribution in [0.1, 0.15) is 27.1 Å². The van der Waals surface area contributed by atoms with Gasteiger partial charge in [-0.1, -0.05) is 6.07 Å². The summed E-state index contributed by atoms with van der Waals surface area (Å²) in [4.78, 5) is 33.2. The molecule has 0 saturated carbocycles. The molecular weight excluding hydrogens is 644 g/mol. The lowest BCUT2D eigenvalue weighted by Crippen LogP contribution is -2.46. The summed E-state index contributed by atoms with van der Waals surface area (Å²) in [6.45, 7) is 9.40. The fourth-order valence-electron chi connectivity index (χ4n) is 6.02. The molecule has 4 aromatic rings. The topological polar surface area (TPSA) is 123 Å². The molecule has 0 radical (unpaired) electrons. The number of hydrogen-bond acceptors (Lipinski definition) is 12. The lowest BCUT2D eigenvalue weighted by molar-refractivity contribution is -0.00525. The Morgan fingerprint density at radius 2 is 1.32 bits per heavy atom. The fraction of sp³-hybridized carbons (Fsp3) is 0.486. The molecule has 1 fully saturated rings. The molecule has 2 aromatic heterocycles. The number of methoxy groups -OCH3 is 2. The maximum absolute atomic E-state index is 12.0. The Hall–Kier alpha value is -4.27. The number of ether oxygens (including phenoxy) is 7. The van der Waals surface area contributed by atoms with E-state index in [4.69, 9.17) is 33.2 Å². The number of anilines is 1. The van der Waals surface area contributed by atoms with E-state index >= 15 is 0 Å². The van der Waals surface area contributed by atoms with Gasteiger partial charge in [0.2, 0.25) is 0 Å². The van der Waals surface area contributed by atoms with Crippen LogP contribution in [0.3, 0.4) is 0 Å². The Kier molecular flexibility index (Phi) is 14.2. The zero-order valence-electron chi connectivity index (χ0n) is 29.3. The predicted molar refractivity (Wildman–Crippen MR) is 189 cm³/mol. The average molecular weight is 693 g/mol. The maximum Gasteiger partial charge on any atom is 0.338 e. The fourth-order valence-corrected chi connectivity index (χ4v) is 6.02. The largest absolute Gasteiger partial charge is 0.491 e. The molecule has 0 aliphatic carbocycles. The Morgan fingerprint density at radius 3 is 2.00 bits per heavy atom. The van der Waals surface area contributed by atoms with Crippen molar-refractivity contribution in [3.63, 3.8) is 0 Å². The van der Waals surface area contributed by atoms with Gasteiger partial charge in [0.25, 0.3) is 0 Å². The number of carbonyl (C=O) groups is 2. The Morgan fingerprint density at radius 1 is 0.680 bits per heavy atom. The van der Waals surface area contributed by atoms with Crippen LogP contribution < -0.4 is 9.64 Å². The van der Waals surface area contributed by atoms with Crippen molar-refractivity contribution in [3.05, 3.63) is 66.0 Å². The van der Waals surface area contributed by atoms with Crippen molar-refractivity contribution >= 4 is 39.4 Å². The molecule has 1 aliphatic rings. The number of aromatic nitrogens is 2. The molecule has 50 heavy (non-hydrogen) atoms. The predicted octanol–water partition coefficient (Wildman–Crippen LogP) is 3.96. The van der Waals surface area contributed by atoms with Crippen LogP contribution in [0.25, 0.3) is 21.8 Å². The minimum atomic E-state index is -0.650. The average Bonchev–Trinajstić information content (AvgIpc) is 3.44. The summed E-state index contributed by atoms with van der Waals surface area (Å²) in [5, 5.41) is 2.45. The second kappa shape index (κ2) is 19.2. The minimum Gasteiger partial charge on any atom is -0.491 e. The van der Waals surface area contributed by atoms with Gasteiger partial charge in [0, 0.05) is 75.2 Å². The molecule has 13 heteroatoms.